The molecule has 0 fully saturated rings. The summed E-state index contributed by atoms with van der Waals surface area (Å²) >= 11 is 0. The van der Waals surface area contributed by atoms with E-state index in [4.69, 9.17) is 13.8 Å². The zero-order valence-electron chi connectivity index (χ0n) is 42.0. The summed E-state index contributed by atoms with van der Waals surface area (Å²) in [6.45, 7) is 19.6. The molecule has 0 bridgehead atoms. The van der Waals surface area contributed by atoms with Crippen LogP contribution >= 0.6 is 0 Å². The molecule has 6 aromatic carbocycles. The van der Waals surface area contributed by atoms with Crippen LogP contribution in [0.5, 0.6) is 0 Å². The number of pyridine rings is 1. The molecule has 12 rings (SSSR count). The van der Waals surface area contributed by atoms with Crippen molar-refractivity contribution in [2.24, 2.45) is 0 Å². The van der Waals surface area contributed by atoms with Gasteiger partial charge < -0.3 is 33.0 Å². The normalized spacial score (nSPS) is 13.7. The van der Waals surface area contributed by atoms with E-state index in [-0.39, 0.29) is 31.9 Å². The van der Waals surface area contributed by atoms with Gasteiger partial charge in [-0.15, -0.1) is 59.3 Å². The summed E-state index contributed by atoms with van der Waals surface area (Å²) < 4.78 is 14.9. The number of hydrogen-bond acceptors (Lipinski definition) is 8. The minimum absolute atomic E-state index is 0. The Kier molecular flexibility index (Phi) is 12.9. The van der Waals surface area contributed by atoms with Gasteiger partial charge in [0.05, 0.1) is 11.5 Å². The average Bonchev–Trinajstić information content (AvgIpc) is 4.24. The average molecular weight is 1120 g/mol. The molecule has 10 aromatic rings. The molecule has 6 heterocycles. The monoisotopic (exact) mass is 1120 g/mol. The quantitative estimate of drug-likeness (QED) is 0.132. The van der Waals surface area contributed by atoms with Crippen LogP contribution in [0.25, 0.3) is 72.2 Å². The van der Waals surface area contributed by atoms with E-state index >= 15 is 0 Å². The van der Waals surface area contributed by atoms with Gasteiger partial charge in [-0.2, -0.15) is 31.5 Å². The van der Waals surface area contributed by atoms with Gasteiger partial charge in [-0.3, -0.25) is 4.98 Å². The number of para-hydroxylation sites is 1. The zero-order valence-corrected chi connectivity index (χ0v) is 44.4. The van der Waals surface area contributed by atoms with Crippen molar-refractivity contribution in [2.45, 2.75) is 65.7 Å². The fourth-order valence-corrected chi connectivity index (χ4v) is 9.75. The van der Waals surface area contributed by atoms with Crippen LogP contribution in [-0.2, 0) is 25.5 Å². The maximum atomic E-state index is 6.45. The van der Waals surface area contributed by atoms with Gasteiger partial charge in [0.15, 0.2) is 0 Å². The van der Waals surface area contributed by atoms with Gasteiger partial charge in [-0.1, -0.05) is 107 Å². The minimum Gasteiger partial charge on any atom is -0.514 e. The number of fused-ring (bicyclic) bond motifs is 6. The van der Waals surface area contributed by atoms with Crippen molar-refractivity contribution in [1.82, 2.24) is 24.3 Å². The van der Waals surface area contributed by atoms with Crippen molar-refractivity contribution < 1.29 is 28.9 Å². The first-order chi connectivity index (χ1) is 34.3. The van der Waals surface area contributed by atoms with E-state index in [1.54, 1.807) is 0 Å². The number of nitrogens with zero attached hydrogens (tertiary/aromatic N) is 7. The second-order valence-electron chi connectivity index (χ2n) is 19.7. The topological polar surface area (TPSA) is 70.0 Å². The molecule has 0 unspecified atom stereocenters. The number of imidazole rings is 1. The third kappa shape index (κ3) is 8.77. The Bertz CT molecular complexity index is 3630. The predicted octanol–water partition coefficient (Wildman–Crippen LogP) is 15.1. The van der Waals surface area contributed by atoms with Crippen molar-refractivity contribution >= 4 is 55.4 Å². The fourth-order valence-electron chi connectivity index (χ4n) is 9.75. The van der Waals surface area contributed by atoms with E-state index in [1.165, 1.54) is 27.9 Å². The van der Waals surface area contributed by atoms with Gasteiger partial charge in [0.25, 0.3) is 0 Å². The van der Waals surface area contributed by atoms with Crippen molar-refractivity contribution in [1.29, 1.82) is 0 Å². The van der Waals surface area contributed by atoms with Crippen molar-refractivity contribution in [3.8, 4) is 28.2 Å². The van der Waals surface area contributed by atoms with Gasteiger partial charge in [0.2, 0.25) is 5.71 Å². The van der Waals surface area contributed by atoms with E-state index in [1.807, 2.05) is 116 Å². The minimum atomic E-state index is -0.531. The van der Waals surface area contributed by atoms with Crippen LogP contribution in [0.1, 0.15) is 81.5 Å². The van der Waals surface area contributed by atoms with Gasteiger partial charge in [-0.25, -0.2) is 4.98 Å². The number of benzene rings is 6. The summed E-state index contributed by atoms with van der Waals surface area (Å²) in [4.78, 5) is 18.2. The molecule has 0 amide bonds. The van der Waals surface area contributed by atoms with Crippen LogP contribution in [0.3, 0.4) is 0 Å². The molecule has 365 valence electrons. The molecule has 1 radical (unpaired) electrons. The van der Waals surface area contributed by atoms with Crippen LogP contribution in [0.15, 0.2) is 161 Å². The maximum absolute atomic E-state index is 6.45. The molecule has 9 nitrogen and oxygen atoms in total. The Hall–Kier alpha value is -7.39. The standard InChI is InChI=1S/C42H39N3O.C20H17N4O.Ir/c1-26(2)34-23-31(29-15-10-8-11-16-29)24-35(27(3)4)38(34)45-25-37(44-40(45)30-17-12-9-13-18-30)42(6,7)36-20-14-19-32-33-22-21-28(5)43-41(33)46-39(32)36;1-21-7-9-23(13-21)15-11-17-16-5-3-4-6-19(16)25-20(17)18(12-15)24-10-8-22(2)14-24;/h8-17,19,21-27H,1-7H3;3-11,13-14H,1-2H3;/q-2;-3;. The molecular formula is C62H56IrN7O2-5. The van der Waals surface area contributed by atoms with E-state index in [0.29, 0.717) is 5.71 Å². The first-order valence-electron chi connectivity index (χ1n) is 24.3. The number of rotatable bonds is 9. The van der Waals surface area contributed by atoms with Gasteiger partial charge in [-0.05, 0) is 110 Å². The Balaban J connectivity index is 0.000000193. The van der Waals surface area contributed by atoms with Crippen LogP contribution in [0, 0.1) is 38.5 Å². The van der Waals surface area contributed by atoms with E-state index < -0.39 is 5.41 Å². The zero-order chi connectivity index (χ0) is 49.1. The Morgan fingerprint density at radius 2 is 1.32 bits per heavy atom. The predicted molar refractivity (Wildman–Crippen MR) is 289 cm³/mol. The second kappa shape index (κ2) is 19.3. The first-order valence-corrected chi connectivity index (χ1v) is 24.3. The van der Waals surface area contributed by atoms with Gasteiger partial charge in [0, 0.05) is 65.0 Å². The summed E-state index contributed by atoms with van der Waals surface area (Å²) in [5.41, 5.74) is 14.5. The van der Waals surface area contributed by atoms with Crippen molar-refractivity contribution in [3.05, 3.63) is 212 Å². The number of anilines is 2. The molecule has 2 aliphatic rings. The fraction of sp³-hybridized carbons (Fsp3) is 0.194. The number of furan rings is 2. The summed E-state index contributed by atoms with van der Waals surface area (Å²) in [5.74, 6) is 1.45. The van der Waals surface area contributed by atoms with E-state index in [9.17, 15) is 0 Å². The van der Waals surface area contributed by atoms with Crippen LogP contribution in [0.4, 0.5) is 11.4 Å². The summed E-state index contributed by atoms with van der Waals surface area (Å²) in [5, 5.41) is 4.26. The largest absolute Gasteiger partial charge is 0.514 e. The molecule has 10 heteroatoms. The molecule has 0 atom stereocenters. The van der Waals surface area contributed by atoms with Crippen molar-refractivity contribution in [2.75, 3.05) is 23.9 Å². The Labute approximate surface area is 436 Å². The number of aromatic nitrogens is 3. The second-order valence-corrected chi connectivity index (χ2v) is 19.7. The van der Waals surface area contributed by atoms with Gasteiger partial charge in [0.1, 0.15) is 5.58 Å². The summed E-state index contributed by atoms with van der Waals surface area (Å²) in [7, 11) is 4.01. The van der Waals surface area contributed by atoms with Crippen LogP contribution in [-0.4, -0.2) is 38.4 Å². The first kappa shape index (κ1) is 48.2. The van der Waals surface area contributed by atoms with Crippen LogP contribution in [0.2, 0.25) is 0 Å². The maximum Gasteiger partial charge on any atom is 0.212 e. The molecule has 0 N–H and O–H groups in total. The molecule has 72 heavy (non-hydrogen) atoms. The smallest absolute Gasteiger partial charge is 0.212 e. The third-order valence-corrected chi connectivity index (χ3v) is 13.6. The molecular weight excluding hydrogens is 1070 g/mol. The van der Waals surface area contributed by atoms with Crippen molar-refractivity contribution in [3.63, 3.8) is 0 Å². The molecule has 4 aromatic heterocycles. The molecule has 0 spiro atoms. The Morgan fingerprint density at radius 1 is 0.625 bits per heavy atom. The van der Waals surface area contributed by atoms with E-state index in [0.717, 1.165) is 78.0 Å². The van der Waals surface area contributed by atoms with E-state index in [2.05, 4.69) is 159 Å². The van der Waals surface area contributed by atoms with Crippen LogP contribution < -0.4 is 9.80 Å². The Morgan fingerprint density at radius 3 is 2.00 bits per heavy atom. The number of aryl methyl sites for hydroxylation is 1. The third-order valence-electron chi connectivity index (χ3n) is 13.6. The molecule has 2 aliphatic heterocycles. The summed E-state index contributed by atoms with van der Waals surface area (Å²) in [6.07, 6.45) is 10.3. The molecule has 0 saturated heterocycles. The van der Waals surface area contributed by atoms with Gasteiger partial charge >= 0.3 is 0 Å². The SMILES string of the molecule is CN1C=CN(c2[c-]c(N3C=CN(C)[CH-]3)c3oc4ccccc4c3c2)[CH-]1.Cc1ccc2c(n1)oc1c(C(C)(C)c3cn(-c4c(C(C)C)cc(-c5ccccc5)cc4C(C)C)c(-c4[c-]cccc4)n3)[c-]ccc12.[Ir]. The molecule has 0 aliphatic carbocycles. The number of hydrogen-bond donors (Lipinski definition) is 0. The molecule has 0 saturated carbocycles. The summed E-state index contributed by atoms with van der Waals surface area (Å²) in [6, 6.07) is 52.5.